The van der Waals surface area contributed by atoms with Gasteiger partial charge in [0.05, 0.1) is 5.69 Å². The Labute approximate surface area is 154 Å². The first-order chi connectivity index (χ1) is 11.2. The van der Waals surface area contributed by atoms with Gasteiger partial charge in [-0.3, -0.25) is 10.3 Å². The second-order valence-corrected chi connectivity index (χ2v) is 7.94. The summed E-state index contributed by atoms with van der Waals surface area (Å²) >= 11 is 6.42. The van der Waals surface area contributed by atoms with Gasteiger partial charge in [-0.2, -0.15) is 0 Å². The molecule has 5 aliphatic rings. The Kier molecular flexibility index (Phi) is 4.28. The van der Waals surface area contributed by atoms with Crippen LogP contribution >= 0.6 is 24.0 Å². The second kappa shape index (κ2) is 6.17. The second-order valence-electron chi connectivity index (χ2n) is 7.53. The van der Waals surface area contributed by atoms with Crippen molar-refractivity contribution < 1.29 is 4.84 Å². The Morgan fingerprint density at radius 3 is 2.62 bits per heavy atom. The van der Waals surface area contributed by atoms with Crippen molar-refractivity contribution in [2.75, 3.05) is 19.6 Å². The average molecular weight is 368 g/mol. The van der Waals surface area contributed by atoms with Crippen molar-refractivity contribution in [3.63, 3.8) is 0 Å². The summed E-state index contributed by atoms with van der Waals surface area (Å²) in [5.74, 6) is 2.27. The van der Waals surface area contributed by atoms with Gasteiger partial charge in [-0.05, 0) is 68.3 Å². The lowest BCUT2D eigenvalue weighted by molar-refractivity contribution is -0.150. The molecule has 0 amide bonds. The molecule has 1 aliphatic carbocycles. The van der Waals surface area contributed by atoms with E-state index >= 15 is 0 Å². The molecule has 4 aliphatic heterocycles. The maximum atomic E-state index is 6.42. The van der Waals surface area contributed by atoms with Crippen LogP contribution in [-0.2, 0) is 4.84 Å². The van der Waals surface area contributed by atoms with Crippen molar-refractivity contribution in [3.05, 3.63) is 28.8 Å². The highest BCUT2D eigenvalue weighted by Gasteiger charge is 2.52. The van der Waals surface area contributed by atoms with Crippen molar-refractivity contribution in [3.8, 4) is 0 Å². The molecule has 2 bridgehead atoms. The number of hydroxylamine groups is 1. The quantitative estimate of drug-likeness (QED) is 0.856. The molecule has 0 radical (unpaired) electrons. The maximum Gasteiger partial charge on any atom is 0.129 e. The van der Waals surface area contributed by atoms with E-state index in [2.05, 4.69) is 22.5 Å². The Bertz CT molecular complexity index is 668. The van der Waals surface area contributed by atoms with Crippen molar-refractivity contribution in [2.45, 2.75) is 43.6 Å². The van der Waals surface area contributed by atoms with Gasteiger partial charge in [-0.1, -0.05) is 17.7 Å². The number of hydrogen-bond donors (Lipinski definition) is 1. The standard InChI is InChI=1S/C18H22ClN3O.ClH/c19-16-9-14(3-4-15(16)12-1-2-12)20-17-10-18(23-21-17)11-22-7-5-13(18)6-8-22;/h3-4,9,12-13H,1-2,5-8,10-11H2,(H,20,21);1H/t18-;/m0./s1. The Balaban J connectivity index is 0.00000146. The molecule has 4 heterocycles. The summed E-state index contributed by atoms with van der Waals surface area (Å²) in [5, 5.41) is 0.853. The Morgan fingerprint density at radius 1 is 1.21 bits per heavy atom. The van der Waals surface area contributed by atoms with Gasteiger partial charge < -0.3 is 4.90 Å². The number of fused-ring (bicyclic) bond motifs is 2. The molecule has 6 rings (SSSR count). The Hall–Kier alpha value is -0.810. The molecule has 0 unspecified atom stereocenters. The summed E-state index contributed by atoms with van der Waals surface area (Å²) in [4.78, 5) is 13.3. The predicted molar refractivity (Wildman–Crippen MR) is 98.5 cm³/mol. The van der Waals surface area contributed by atoms with E-state index in [-0.39, 0.29) is 18.0 Å². The first-order valence-electron chi connectivity index (χ1n) is 8.75. The summed E-state index contributed by atoms with van der Waals surface area (Å²) in [7, 11) is 0. The molecule has 5 fully saturated rings. The molecular weight excluding hydrogens is 345 g/mol. The van der Waals surface area contributed by atoms with Gasteiger partial charge in [0, 0.05) is 18.0 Å². The van der Waals surface area contributed by atoms with E-state index in [1.807, 2.05) is 6.07 Å². The summed E-state index contributed by atoms with van der Waals surface area (Å²) < 4.78 is 0. The number of piperidine rings is 3. The highest BCUT2D eigenvalue weighted by atomic mass is 35.5. The van der Waals surface area contributed by atoms with E-state index in [4.69, 9.17) is 21.4 Å². The first-order valence-corrected chi connectivity index (χ1v) is 9.13. The number of benzene rings is 1. The third-order valence-electron chi connectivity index (χ3n) is 5.93. The average Bonchev–Trinajstić information content (AvgIpc) is 3.33. The summed E-state index contributed by atoms with van der Waals surface area (Å²) in [6.07, 6.45) is 5.91. The predicted octanol–water partition coefficient (Wildman–Crippen LogP) is 4.06. The molecule has 6 heteroatoms. The maximum absolute atomic E-state index is 6.42. The van der Waals surface area contributed by atoms with Crippen LogP contribution in [-0.4, -0.2) is 36.0 Å². The minimum absolute atomic E-state index is 0. The number of aliphatic imine (C=N–C) groups is 1. The van der Waals surface area contributed by atoms with Gasteiger partial charge in [0.15, 0.2) is 0 Å². The van der Waals surface area contributed by atoms with E-state index in [1.54, 1.807) is 0 Å². The highest BCUT2D eigenvalue weighted by molar-refractivity contribution is 6.31. The van der Waals surface area contributed by atoms with E-state index < -0.39 is 0 Å². The monoisotopic (exact) mass is 367 g/mol. The van der Waals surface area contributed by atoms with Gasteiger partial charge in [-0.25, -0.2) is 4.99 Å². The van der Waals surface area contributed by atoms with Gasteiger partial charge in [0.25, 0.3) is 0 Å². The molecule has 4 nitrogen and oxygen atoms in total. The van der Waals surface area contributed by atoms with Crippen LogP contribution in [0.3, 0.4) is 0 Å². The molecule has 1 atom stereocenters. The first kappa shape index (κ1) is 16.6. The van der Waals surface area contributed by atoms with Crippen LogP contribution in [0.4, 0.5) is 5.69 Å². The van der Waals surface area contributed by atoms with E-state index in [0.717, 1.165) is 29.5 Å². The number of rotatable bonds is 2. The van der Waals surface area contributed by atoms with Crippen LogP contribution in [0.25, 0.3) is 0 Å². The van der Waals surface area contributed by atoms with Crippen LogP contribution in [0, 0.1) is 5.92 Å². The molecule has 24 heavy (non-hydrogen) atoms. The zero-order chi connectivity index (χ0) is 15.4. The normalized spacial score (nSPS) is 36.0. The lowest BCUT2D eigenvalue weighted by Crippen LogP contribution is -2.59. The van der Waals surface area contributed by atoms with E-state index in [1.165, 1.54) is 44.3 Å². The van der Waals surface area contributed by atoms with Crippen LogP contribution in [0.15, 0.2) is 23.2 Å². The number of halogens is 2. The van der Waals surface area contributed by atoms with Gasteiger partial charge >= 0.3 is 0 Å². The van der Waals surface area contributed by atoms with Crippen LogP contribution in [0.2, 0.25) is 5.02 Å². The molecule has 130 valence electrons. The van der Waals surface area contributed by atoms with Crippen LogP contribution in [0.5, 0.6) is 0 Å². The summed E-state index contributed by atoms with van der Waals surface area (Å²) in [6.45, 7) is 3.48. The SMILES string of the molecule is Cl.Clc1cc(N=C2C[C@@]3(CN4CCC3CC4)ON2)ccc1C1CC1. The van der Waals surface area contributed by atoms with Crippen molar-refractivity contribution in [1.29, 1.82) is 0 Å². The number of hydrogen-bond acceptors (Lipinski definition) is 3. The molecule has 1 saturated carbocycles. The molecule has 1 aromatic rings. The number of nitrogens with zero attached hydrogens (tertiary/aromatic N) is 2. The fourth-order valence-corrected chi connectivity index (χ4v) is 4.82. The molecule has 1 aromatic carbocycles. The molecule has 0 aromatic heterocycles. The topological polar surface area (TPSA) is 36.9 Å². The van der Waals surface area contributed by atoms with Gasteiger partial charge in [0.1, 0.15) is 11.4 Å². The Morgan fingerprint density at radius 2 is 2.00 bits per heavy atom. The number of nitrogens with one attached hydrogen (secondary N) is 1. The lowest BCUT2D eigenvalue weighted by atomic mass is 9.74. The zero-order valence-corrected chi connectivity index (χ0v) is 15.2. The number of amidine groups is 1. The van der Waals surface area contributed by atoms with E-state index in [0.29, 0.717) is 11.8 Å². The van der Waals surface area contributed by atoms with E-state index in [9.17, 15) is 0 Å². The van der Waals surface area contributed by atoms with Crippen molar-refractivity contribution in [2.24, 2.45) is 10.9 Å². The third-order valence-corrected chi connectivity index (χ3v) is 6.25. The molecule has 4 saturated heterocycles. The van der Waals surface area contributed by atoms with Crippen molar-refractivity contribution in [1.82, 2.24) is 10.4 Å². The van der Waals surface area contributed by atoms with Crippen molar-refractivity contribution >= 4 is 35.5 Å². The van der Waals surface area contributed by atoms with Crippen LogP contribution < -0.4 is 5.48 Å². The fourth-order valence-electron chi connectivity index (χ4n) is 4.49. The molecular formula is C18H23Cl2N3O. The highest BCUT2D eigenvalue weighted by Crippen LogP contribution is 2.45. The van der Waals surface area contributed by atoms with Crippen LogP contribution in [0.1, 0.15) is 43.6 Å². The zero-order valence-electron chi connectivity index (χ0n) is 13.6. The summed E-state index contributed by atoms with van der Waals surface area (Å²) in [6, 6.07) is 6.21. The minimum Gasteiger partial charge on any atom is -0.300 e. The minimum atomic E-state index is -0.0624. The lowest BCUT2D eigenvalue weighted by Gasteiger charge is -2.49. The summed E-state index contributed by atoms with van der Waals surface area (Å²) in [5.41, 5.74) is 5.24. The van der Waals surface area contributed by atoms with Gasteiger partial charge in [0.2, 0.25) is 0 Å². The third kappa shape index (κ3) is 2.84. The smallest absolute Gasteiger partial charge is 0.129 e. The molecule has 1 N–H and O–H groups in total. The fraction of sp³-hybridized carbons (Fsp3) is 0.611. The molecule has 1 spiro atoms. The largest absolute Gasteiger partial charge is 0.300 e. The van der Waals surface area contributed by atoms with Gasteiger partial charge in [-0.15, -0.1) is 12.4 Å².